The van der Waals surface area contributed by atoms with Gasteiger partial charge < -0.3 is 19.7 Å². The predicted molar refractivity (Wildman–Crippen MR) is 88.8 cm³/mol. The number of ether oxygens (including phenoxy) is 2. The second-order valence-electron chi connectivity index (χ2n) is 5.51. The van der Waals surface area contributed by atoms with Crippen LogP contribution in [0.3, 0.4) is 0 Å². The number of hydrogen-bond acceptors (Lipinski definition) is 4. The Balaban J connectivity index is 1.91. The van der Waals surface area contributed by atoms with E-state index in [1.807, 2.05) is 67.6 Å². The van der Waals surface area contributed by atoms with Gasteiger partial charge in [-0.1, -0.05) is 60.7 Å². The zero-order chi connectivity index (χ0) is 16.5. The molecule has 0 bridgehead atoms. The number of hydrogen-bond donors (Lipinski definition) is 2. The van der Waals surface area contributed by atoms with Crippen LogP contribution >= 0.6 is 0 Å². The highest BCUT2D eigenvalue weighted by molar-refractivity contribution is 5.14. The third kappa shape index (κ3) is 5.77. The first-order valence-electron chi connectivity index (χ1n) is 7.80. The number of aliphatic hydroxyl groups excluding tert-OH is 2. The fraction of sp³-hybridized carbons (Fsp3) is 0.368. The summed E-state index contributed by atoms with van der Waals surface area (Å²) in [6.07, 6.45) is -1.92. The Hall–Kier alpha value is -1.72. The lowest BCUT2D eigenvalue weighted by Crippen LogP contribution is -2.41. The first-order valence-corrected chi connectivity index (χ1v) is 7.80. The molecule has 0 aromatic heterocycles. The Morgan fingerprint density at radius 2 is 1.30 bits per heavy atom. The lowest BCUT2D eigenvalue weighted by atomic mass is 10.1. The van der Waals surface area contributed by atoms with Crippen molar-refractivity contribution in [2.75, 3.05) is 6.61 Å². The van der Waals surface area contributed by atoms with Crippen molar-refractivity contribution in [3.8, 4) is 0 Å². The van der Waals surface area contributed by atoms with Gasteiger partial charge in [0.2, 0.25) is 0 Å². The van der Waals surface area contributed by atoms with Crippen LogP contribution in [0, 0.1) is 0 Å². The van der Waals surface area contributed by atoms with Gasteiger partial charge in [-0.05, 0) is 18.1 Å². The monoisotopic (exact) mass is 316 g/mol. The van der Waals surface area contributed by atoms with Crippen LogP contribution in [0.15, 0.2) is 60.7 Å². The molecule has 124 valence electrons. The highest BCUT2D eigenvalue weighted by Crippen LogP contribution is 2.14. The molecule has 2 rings (SSSR count). The first kappa shape index (κ1) is 17.6. The van der Waals surface area contributed by atoms with Crippen LogP contribution in [0.2, 0.25) is 0 Å². The van der Waals surface area contributed by atoms with Crippen LogP contribution in [0.5, 0.6) is 0 Å². The van der Waals surface area contributed by atoms with Crippen LogP contribution in [0.1, 0.15) is 18.1 Å². The fourth-order valence-corrected chi connectivity index (χ4v) is 2.33. The van der Waals surface area contributed by atoms with Crippen LogP contribution in [-0.2, 0) is 22.7 Å². The van der Waals surface area contributed by atoms with Crippen molar-refractivity contribution in [3.63, 3.8) is 0 Å². The summed E-state index contributed by atoms with van der Waals surface area (Å²) in [5.74, 6) is 0. The number of benzene rings is 2. The molecule has 0 aliphatic carbocycles. The van der Waals surface area contributed by atoms with Gasteiger partial charge in [-0.15, -0.1) is 0 Å². The zero-order valence-corrected chi connectivity index (χ0v) is 13.3. The minimum absolute atomic E-state index is 0.346. The number of rotatable bonds is 9. The maximum Gasteiger partial charge on any atom is 0.112 e. The van der Waals surface area contributed by atoms with Crippen molar-refractivity contribution in [3.05, 3.63) is 71.8 Å². The molecule has 23 heavy (non-hydrogen) atoms. The minimum atomic E-state index is -0.982. The molecule has 0 aliphatic rings. The van der Waals surface area contributed by atoms with Gasteiger partial charge in [-0.2, -0.15) is 0 Å². The minimum Gasteiger partial charge on any atom is -0.394 e. The van der Waals surface area contributed by atoms with E-state index >= 15 is 0 Å². The molecule has 0 fully saturated rings. The van der Waals surface area contributed by atoms with Gasteiger partial charge in [-0.3, -0.25) is 0 Å². The number of aliphatic hydroxyl groups is 2. The summed E-state index contributed by atoms with van der Waals surface area (Å²) in [6, 6.07) is 19.5. The molecule has 0 radical (unpaired) electrons. The van der Waals surface area contributed by atoms with Crippen molar-refractivity contribution < 1.29 is 19.7 Å². The smallest absolute Gasteiger partial charge is 0.112 e. The molecule has 4 nitrogen and oxygen atoms in total. The topological polar surface area (TPSA) is 58.9 Å². The summed E-state index contributed by atoms with van der Waals surface area (Å²) >= 11 is 0. The van der Waals surface area contributed by atoms with Gasteiger partial charge in [0, 0.05) is 0 Å². The molecule has 2 N–H and O–H groups in total. The van der Waals surface area contributed by atoms with Crippen LogP contribution in [0.4, 0.5) is 0 Å². The Morgan fingerprint density at radius 1 is 0.826 bits per heavy atom. The van der Waals surface area contributed by atoms with E-state index < -0.39 is 12.2 Å². The van der Waals surface area contributed by atoms with Gasteiger partial charge in [0.1, 0.15) is 12.2 Å². The van der Waals surface area contributed by atoms with Crippen LogP contribution in [0.25, 0.3) is 0 Å². The molecule has 0 saturated carbocycles. The third-order valence-electron chi connectivity index (χ3n) is 3.67. The van der Waals surface area contributed by atoms with Gasteiger partial charge >= 0.3 is 0 Å². The maximum absolute atomic E-state index is 10.0. The van der Waals surface area contributed by atoms with E-state index in [1.54, 1.807) is 0 Å². The van der Waals surface area contributed by atoms with E-state index in [1.165, 1.54) is 0 Å². The molecular weight excluding hydrogens is 292 g/mol. The molecule has 0 spiro atoms. The van der Waals surface area contributed by atoms with E-state index in [0.717, 1.165) is 11.1 Å². The second kappa shape index (κ2) is 9.43. The Kier molecular flexibility index (Phi) is 7.23. The molecule has 0 amide bonds. The molecule has 0 saturated heterocycles. The Bertz CT molecular complexity index is 544. The summed E-state index contributed by atoms with van der Waals surface area (Å²) in [7, 11) is 0. The van der Waals surface area contributed by atoms with Gasteiger partial charge in [0.15, 0.2) is 0 Å². The molecule has 3 atom stereocenters. The van der Waals surface area contributed by atoms with Gasteiger partial charge in [0.25, 0.3) is 0 Å². The van der Waals surface area contributed by atoms with E-state index in [2.05, 4.69) is 0 Å². The third-order valence-corrected chi connectivity index (χ3v) is 3.67. The first-order chi connectivity index (χ1) is 11.2. The van der Waals surface area contributed by atoms with Crippen molar-refractivity contribution in [1.82, 2.24) is 0 Å². The van der Waals surface area contributed by atoms with Gasteiger partial charge in [0.05, 0.1) is 25.9 Å². The second-order valence-corrected chi connectivity index (χ2v) is 5.51. The maximum atomic E-state index is 10.0. The van der Waals surface area contributed by atoms with E-state index in [4.69, 9.17) is 9.47 Å². The highest BCUT2D eigenvalue weighted by atomic mass is 16.5. The van der Waals surface area contributed by atoms with Gasteiger partial charge in [-0.25, -0.2) is 0 Å². The van der Waals surface area contributed by atoms with Crippen LogP contribution in [-0.4, -0.2) is 35.1 Å². The average molecular weight is 316 g/mol. The SMILES string of the molecule is C[C@@H](OCc1ccccc1)[C@H](OCc1ccccc1)[C@H](O)CO. The molecule has 0 aliphatic heterocycles. The highest BCUT2D eigenvalue weighted by Gasteiger charge is 2.26. The molecule has 2 aromatic carbocycles. The summed E-state index contributed by atoms with van der Waals surface area (Å²) < 4.78 is 11.6. The van der Waals surface area contributed by atoms with Crippen molar-refractivity contribution >= 4 is 0 Å². The predicted octanol–water partition coefficient (Wildman–Crippen LogP) is 2.53. The summed E-state index contributed by atoms with van der Waals surface area (Å²) in [4.78, 5) is 0. The average Bonchev–Trinajstić information content (AvgIpc) is 2.61. The summed E-state index contributed by atoms with van der Waals surface area (Å²) in [6.45, 7) is 2.28. The largest absolute Gasteiger partial charge is 0.394 e. The Labute approximate surface area is 137 Å². The fourth-order valence-electron chi connectivity index (χ4n) is 2.33. The molecule has 4 heteroatoms. The summed E-state index contributed by atoms with van der Waals surface area (Å²) in [5.41, 5.74) is 2.07. The molecular formula is C19H24O4. The van der Waals surface area contributed by atoms with Crippen LogP contribution < -0.4 is 0 Å². The lowest BCUT2D eigenvalue weighted by Gasteiger charge is -2.28. The normalized spacial score (nSPS) is 15.1. The Morgan fingerprint density at radius 3 is 1.78 bits per heavy atom. The van der Waals surface area contributed by atoms with E-state index in [0.29, 0.717) is 13.2 Å². The molecule has 0 heterocycles. The zero-order valence-electron chi connectivity index (χ0n) is 13.3. The van der Waals surface area contributed by atoms with Crippen molar-refractivity contribution in [1.29, 1.82) is 0 Å². The molecule has 2 aromatic rings. The van der Waals surface area contributed by atoms with E-state index in [9.17, 15) is 10.2 Å². The van der Waals surface area contributed by atoms with Crippen molar-refractivity contribution in [2.24, 2.45) is 0 Å². The quantitative estimate of drug-likeness (QED) is 0.746. The van der Waals surface area contributed by atoms with E-state index in [-0.39, 0.29) is 12.7 Å². The van der Waals surface area contributed by atoms with Crippen molar-refractivity contribution in [2.45, 2.75) is 38.4 Å². The lowest BCUT2D eigenvalue weighted by molar-refractivity contribution is -0.135. The standard InChI is InChI=1S/C19H24O4/c1-15(22-13-16-8-4-2-5-9-16)19(18(21)12-20)23-14-17-10-6-3-7-11-17/h2-11,15,18-21H,12-14H2,1H3/t15-,18-,19+/m1/s1. The molecule has 0 unspecified atom stereocenters. The summed E-state index contributed by atoms with van der Waals surface area (Å²) in [5, 5.41) is 19.3.